The Morgan fingerprint density at radius 1 is 1.04 bits per heavy atom. The van der Waals surface area contributed by atoms with Crippen molar-refractivity contribution in [2.45, 2.75) is 31.9 Å². The van der Waals surface area contributed by atoms with E-state index in [0.717, 1.165) is 60.4 Å². The standard InChI is InChI=1S/C17H16F3N3O2S/c18-17(19,20)9-5-7-10(8-6-9)22-16(25)23-15-13(14(21)24)11-3-1-2-4-12(11)26-15/h5-8H,1-4H2,(H2,21,24)(H2,22,23,25). The summed E-state index contributed by atoms with van der Waals surface area (Å²) >= 11 is 1.31. The van der Waals surface area contributed by atoms with E-state index < -0.39 is 23.7 Å². The number of hydrogen-bond acceptors (Lipinski definition) is 3. The molecule has 0 atom stereocenters. The molecule has 0 fully saturated rings. The molecular formula is C17H16F3N3O2S. The van der Waals surface area contributed by atoms with Crippen LogP contribution in [0.15, 0.2) is 24.3 Å². The molecular weight excluding hydrogens is 367 g/mol. The van der Waals surface area contributed by atoms with Crippen molar-refractivity contribution in [1.82, 2.24) is 0 Å². The number of aryl methyl sites for hydroxylation is 1. The molecule has 1 aromatic carbocycles. The lowest BCUT2D eigenvalue weighted by Gasteiger charge is -2.11. The highest BCUT2D eigenvalue weighted by Crippen LogP contribution is 2.38. The molecule has 0 spiro atoms. The monoisotopic (exact) mass is 383 g/mol. The van der Waals surface area contributed by atoms with Gasteiger partial charge in [-0.15, -0.1) is 11.3 Å². The molecule has 0 aliphatic heterocycles. The Kier molecular flexibility index (Phi) is 4.90. The minimum atomic E-state index is -4.44. The van der Waals surface area contributed by atoms with Crippen molar-refractivity contribution in [1.29, 1.82) is 0 Å². The number of fused-ring (bicyclic) bond motifs is 1. The van der Waals surface area contributed by atoms with Gasteiger partial charge >= 0.3 is 12.2 Å². The fraction of sp³-hybridized carbons (Fsp3) is 0.294. The van der Waals surface area contributed by atoms with Gasteiger partial charge in [-0.3, -0.25) is 10.1 Å². The SMILES string of the molecule is NC(=O)c1c(NC(=O)Nc2ccc(C(F)(F)F)cc2)sc2c1CCCC2. The van der Waals surface area contributed by atoms with Gasteiger partial charge in [-0.1, -0.05) is 0 Å². The molecule has 2 aromatic rings. The number of urea groups is 1. The number of nitrogens with one attached hydrogen (secondary N) is 2. The van der Waals surface area contributed by atoms with Crippen molar-refractivity contribution in [2.75, 3.05) is 10.6 Å². The average molecular weight is 383 g/mol. The summed E-state index contributed by atoms with van der Waals surface area (Å²) in [5.41, 5.74) is 6.08. The van der Waals surface area contributed by atoms with Crippen molar-refractivity contribution in [3.8, 4) is 0 Å². The second-order valence-corrected chi connectivity index (χ2v) is 7.04. The first-order valence-electron chi connectivity index (χ1n) is 7.95. The number of alkyl halides is 3. The molecule has 0 unspecified atom stereocenters. The maximum Gasteiger partial charge on any atom is 0.416 e. The number of halogens is 3. The fourth-order valence-corrected chi connectivity index (χ4v) is 4.21. The zero-order valence-corrected chi connectivity index (χ0v) is 14.4. The van der Waals surface area contributed by atoms with E-state index in [4.69, 9.17) is 5.73 Å². The van der Waals surface area contributed by atoms with Crippen LogP contribution in [0.5, 0.6) is 0 Å². The Balaban J connectivity index is 1.74. The summed E-state index contributed by atoms with van der Waals surface area (Å²) in [7, 11) is 0. The van der Waals surface area contributed by atoms with Gasteiger partial charge in [0.1, 0.15) is 5.00 Å². The topological polar surface area (TPSA) is 84.2 Å². The molecule has 9 heteroatoms. The van der Waals surface area contributed by atoms with Crippen LogP contribution in [0.1, 0.15) is 39.2 Å². The molecule has 0 saturated carbocycles. The number of benzene rings is 1. The van der Waals surface area contributed by atoms with Gasteiger partial charge in [0.25, 0.3) is 5.91 Å². The number of nitrogens with two attached hydrogens (primary N) is 1. The number of primary amides is 1. The molecule has 26 heavy (non-hydrogen) atoms. The molecule has 5 nitrogen and oxygen atoms in total. The van der Waals surface area contributed by atoms with Crippen LogP contribution >= 0.6 is 11.3 Å². The van der Waals surface area contributed by atoms with E-state index in [9.17, 15) is 22.8 Å². The Labute approximate surface area is 151 Å². The van der Waals surface area contributed by atoms with Gasteiger partial charge in [0.2, 0.25) is 0 Å². The second-order valence-electron chi connectivity index (χ2n) is 5.93. The van der Waals surface area contributed by atoms with Gasteiger partial charge in [0.05, 0.1) is 11.1 Å². The van der Waals surface area contributed by atoms with Gasteiger partial charge in [0.15, 0.2) is 0 Å². The Morgan fingerprint density at radius 2 is 1.69 bits per heavy atom. The molecule has 0 radical (unpaired) electrons. The minimum Gasteiger partial charge on any atom is -0.365 e. The zero-order valence-electron chi connectivity index (χ0n) is 13.6. The van der Waals surface area contributed by atoms with Crippen molar-refractivity contribution in [2.24, 2.45) is 5.73 Å². The maximum atomic E-state index is 12.6. The fourth-order valence-electron chi connectivity index (χ4n) is 2.92. The largest absolute Gasteiger partial charge is 0.416 e. The summed E-state index contributed by atoms with van der Waals surface area (Å²) in [4.78, 5) is 25.0. The lowest BCUT2D eigenvalue weighted by atomic mass is 9.95. The quantitative estimate of drug-likeness (QED) is 0.734. The third kappa shape index (κ3) is 3.82. The van der Waals surface area contributed by atoms with Crippen molar-refractivity contribution < 1.29 is 22.8 Å². The molecule has 3 amide bonds. The molecule has 1 aromatic heterocycles. The van der Waals surface area contributed by atoms with Gasteiger partial charge in [-0.25, -0.2) is 4.79 Å². The van der Waals surface area contributed by atoms with Crippen LogP contribution < -0.4 is 16.4 Å². The van der Waals surface area contributed by atoms with E-state index in [1.54, 1.807) is 0 Å². The summed E-state index contributed by atoms with van der Waals surface area (Å²) < 4.78 is 37.7. The molecule has 138 valence electrons. The Morgan fingerprint density at radius 3 is 2.31 bits per heavy atom. The first kappa shape index (κ1) is 18.2. The molecule has 0 bridgehead atoms. The second kappa shape index (κ2) is 6.99. The van der Waals surface area contributed by atoms with E-state index in [1.165, 1.54) is 11.3 Å². The lowest BCUT2D eigenvalue weighted by molar-refractivity contribution is -0.137. The summed E-state index contributed by atoms with van der Waals surface area (Å²) in [6.07, 6.45) is -0.883. The number of carbonyl (C=O) groups is 2. The molecule has 1 aliphatic rings. The number of thiophene rings is 1. The molecule has 1 heterocycles. The van der Waals surface area contributed by atoms with Crippen molar-refractivity contribution >= 4 is 34.0 Å². The normalized spacial score (nSPS) is 13.8. The number of rotatable bonds is 3. The van der Waals surface area contributed by atoms with Gasteiger partial charge < -0.3 is 11.1 Å². The predicted molar refractivity (Wildman–Crippen MR) is 93.6 cm³/mol. The summed E-state index contributed by atoms with van der Waals surface area (Å²) in [5, 5.41) is 5.41. The van der Waals surface area contributed by atoms with Gasteiger partial charge in [-0.2, -0.15) is 13.2 Å². The van der Waals surface area contributed by atoms with E-state index >= 15 is 0 Å². The van der Waals surface area contributed by atoms with Crippen molar-refractivity contribution in [3.63, 3.8) is 0 Å². The summed E-state index contributed by atoms with van der Waals surface area (Å²) in [6, 6.07) is 3.45. The van der Waals surface area contributed by atoms with Crippen molar-refractivity contribution in [3.05, 3.63) is 45.8 Å². The third-order valence-corrected chi connectivity index (χ3v) is 5.32. The van der Waals surface area contributed by atoms with Crippen LogP contribution in [0.2, 0.25) is 0 Å². The molecule has 4 N–H and O–H groups in total. The van der Waals surface area contributed by atoms with E-state index in [1.807, 2.05) is 0 Å². The first-order valence-corrected chi connectivity index (χ1v) is 8.77. The highest BCUT2D eigenvalue weighted by Gasteiger charge is 2.30. The number of anilines is 2. The van der Waals surface area contributed by atoms with Crippen LogP contribution in [0, 0.1) is 0 Å². The maximum absolute atomic E-state index is 12.6. The van der Waals surface area contributed by atoms with Gasteiger partial charge in [-0.05, 0) is 55.5 Å². The highest BCUT2D eigenvalue weighted by atomic mass is 32.1. The van der Waals surface area contributed by atoms with Crippen LogP contribution in [0.4, 0.5) is 28.7 Å². The molecule has 1 aliphatic carbocycles. The smallest absolute Gasteiger partial charge is 0.365 e. The Bertz CT molecular complexity index is 844. The first-order chi connectivity index (χ1) is 12.3. The van der Waals surface area contributed by atoms with Crippen LogP contribution in [-0.4, -0.2) is 11.9 Å². The molecule has 3 rings (SSSR count). The summed E-state index contributed by atoms with van der Waals surface area (Å²) in [6.45, 7) is 0. The van der Waals surface area contributed by atoms with E-state index in [0.29, 0.717) is 10.6 Å². The van der Waals surface area contributed by atoms with Crippen LogP contribution in [0.25, 0.3) is 0 Å². The van der Waals surface area contributed by atoms with Crippen LogP contribution in [0.3, 0.4) is 0 Å². The minimum absolute atomic E-state index is 0.206. The van der Waals surface area contributed by atoms with Crippen LogP contribution in [-0.2, 0) is 19.0 Å². The molecule has 0 saturated heterocycles. The number of hydrogen-bond donors (Lipinski definition) is 3. The zero-order chi connectivity index (χ0) is 18.9. The Hall–Kier alpha value is -2.55. The number of carbonyl (C=O) groups excluding carboxylic acids is 2. The summed E-state index contributed by atoms with van der Waals surface area (Å²) in [5.74, 6) is -0.603. The predicted octanol–water partition coefficient (Wildman–Crippen LogP) is 4.39. The highest BCUT2D eigenvalue weighted by molar-refractivity contribution is 7.17. The third-order valence-electron chi connectivity index (χ3n) is 4.11. The lowest BCUT2D eigenvalue weighted by Crippen LogP contribution is -2.22. The number of amides is 3. The van der Waals surface area contributed by atoms with E-state index in [-0.39, 0.29) is 5.69 Å². The van der Waals surface area contributed by atoms with Gasteiger partial charge in [0, 0.05) is 10.6 Å². The van der Waals surface area contributed by atoms with E-state index in [2.05, 4.69) is 10.6 Å². The average Bonchev–Trinajstić information content (AvgIpc) is 2.92.